The van der Waals surface area contributed by atoms with Gasteiger partial charge in [-0.3, -0.25) is 0 Å². The van der Waals surface area contributed by atoms with Crippen molar-refractivity contribution in [2.24, 2.45) is 0 Å². The fraction of sp³-hybridized carbons (Fsp3) is 0.500. The quantitative estimate of drug-likeness (QED) is 0.793. The molecule has 4 rings (SSSR count). The fourth-order valence-corrected chi connectivity index (χ4v) is 3.78. The summed E-state index contributed by atoms with van der Waals surface area (Å²) in [6.07, 6.45) is 1.75. The maximum absolute atomic E-state index is 11.9. The van der Waals surface area contributed by atoms with Gasteiger partial charge in [0.05, 0.1) is 39.1 Å². The van der Waals surface area contributed by atoms with Gasteiger partial charge in [-0.1, -0.05) is 0 Å². The normalized spacial score (nSPS) is 20.9. The molecular formula is C18H22NO5+. The zero-order valence-corrected chi connectivity index (χ0v) is 13.8. The average Bonchev–Trinajstić information content (AvgIpc) is 3.02. The van der Waals surface area contributed by atoms with E-state index in [0.29, 0.717) is 24.4 Å². The Morgan fingerprint density at radius 1 is 1.21 bits per heavy atom. The van der Waals surface area contributed by atoms with Gasteiger partial charge in [0, 0.05) is 22.6 Å². The SMILES string of the molecule is Cc1c(O)ccc2c(C[NH+]3CCC4(CC3)OCCO4)cc(=O)oc12. The molecule has 2 fully saturated rings. The molecule has 0 atom stereocenters. The molecule has 24 heavy (non-hydrogen) atoms. The number of rotatable bonds is 2. The van der Waals surface area contributed by atoms with Gasteiger partial charge in [-0.25, -0.2) is 4.79 Å². The van der Waals surface area contributed by atoms with Gasteiger partial charge in [-0.15, -0.1) is 0 Å². The van der Waals surface area contributed by atoms with Gasteiger partial charge in [-0.05, 0) is 19.1 Å². The van der Waals surface area contributed by atoms with E-state index < -0.39 is 0 Å². The lowest BCUT2D eigenvalue weighted by Crippen LogP contribution is -3.12. The molecule has 1 spiro atoms. The van der Waals surface area contributed by atoms with E-state index in [2.05, 4.69) is 0 Å². The number of hydrogen-bond acceptors (Lipinski definition) is 5. The van der Waals surface area contributed by atoms with Crippen LogP contribution in [-0.2, 0) is 16.0 Å². The van der Waals surface area contributed by atoms with Crippen molar-refractivity contribution < 1.29 is 23.9 Å². The number of aryl methyl sites for hydroxylation is 1. The summed E-state index contributed by atoms with van der Waals surface area (Å²) in [5.74, 6) is -0.227. The van der Waals surface area contributed by atoms with Crippen molar-refractivity contribution in [1.29, 1.82) is 0 Å². The largest absolute Gasteiger partial charge is 0.508 e. The lowest BCUT2D eigenvalue weighted by Gasteiger charge is -2.35. The first-order valence-electron chi connectivity index (χ1n) is 8.43. The number of quaternary nitrogens is 1. The summed E-state index contributed by atoms with van der Waals surface area (Å²) in [6, 6.07) is 5.05. The van der Waals surface area contributed by atoms with Gasteiger partial charge in [0.1, 0.15) is 17.9 Å². The number of piperidine rings is 1. The van der Waals surface area contributed by atoms with E-state index in [-0.39, 0.29) is 17.2 Å². The molecule has 2 N–H and O–H groups in total. The highest BCUT2D eigenvalue weighted by molar-refractivity contribution is 5.84. The molecule has 0 radical (unpaired) electrons. The first-order chi connectivity index (χ1) is 11.6. The van der Waals surface area contributed by atoms with Crippen LogP contribution in [0.4, 0.5) is 0 Å². The Balaban J connectivity index is 1.59. The zero-order valence-electron chi connectivity index (χ0n) is 13.8. The predicted molar refractivity (Wildman–Crippen MR) is 87.2 cm³/mol. The number of phenolic OH excluding ortho intramolecular Hbond substituents is 1. The van der Waals surface area contributed by atoms with E-state index in [9.17, 15) is 9.90 Å². The molecular weight excluding hydrogens is 310 g/mol. The summed E-state index contributed by atoms with van der Waals surface area (Å²) >= 11 is 0. The topological polar surface area (TPSA) is 73.3 Å². The highest BCUT2D eigenvalue weighted by Gasteiger charge is 2.41. The Hall–Kier alpha value is -1.89. The minimum Gasteiger partial charge on any atom is -0.508 e. The molecule has 0 saturated carbocycles. The van der Waals surface area contributed by atoms with Crippen LogP contribution in [0.1, 0.15) is 24.0 Å². The minimum absolute atomic E-state index is 0.144. The number of benzene rings is 1. The van der Waals surface area contributed by atoms with Crippen LogP contribution in [0, 0.1) is 6.92 Å². The highest BCUT2D eigenvalue weighted by atomic mass is 16.7. The maximum atomic E-state index is 11.9. The van der Waals surface area contributed by atoms with Gasteiger partial charge in [0.2, 0.25) is 0 Å². The smallest absolute Gasteiger partial charge is 0.336 e. The number of phenols is 1. The first-order valence-corrected chi connectivity index (χ1v) is 8.43. The van der Waals surface area contributed by atoms with Crippen LogP contribution in [0.15, 0.2) is 27.4 Å². The molecule has 2 aliphatic heterocycles. The van der Waals surface area contributed by atoms with Gasteiger partial charge < -0.3 is 23.9 Å². The summed E-state index contributed by atoms with van der Waals surface area (Å²) in [5, 5.41) is 10.7. The second-order valence-electron chi connectivity index (χ2n) is 6.71. The Morgan fingerprint density at radius 2 is 1.92 bits per heavy atom. The Morgan fingerprint density at radius 3 is 2.62 bits per heavy atom. The molecule has 0 bridgehead atoms. The standard InChI is InChI=1S/C18H21NO5/c1-12-15(20)3-2-14-13(10-16(21)24-17(12)14)11-19-6-4-18(5-7-19)22-8-9-23-18/h2-3,10,20H,4-9,11H2,1H3/p+1. The molecule has 1 aromatic heterocycles. The first kappa shape index (κ1) is 15.6. The maximum Gasteiger partial charge on any atom is 0.336 e. The van der Waals surface area contributed by atoms with Crippen LogP contribution < -0.4 is 10.5 Å². The molecule has 2 aliphatic rings. The summed E-state index contributed by atoms with van der Waals surface area (Å²) < 4.78 is 16.9. The van der Waals surface area contributed by atoms with Gasteiger partial charge >= 0.3 is 5.63 Å². The number of ether oxygens (including phenoxy) is 2. The van der Waals surface area contributed by atoms with E-state index >= 15 is 0 Å². The molecule has 3 heterocycles. The van der Waals surface area contributed by atoms with Gasteiger partial charge in [0.25, 0.3) is 0 Å². The van der Waals surface area contributed by atoms with E-state index in [1.165, 1.54) is 4.90 Å². The van der Waals surface area contributed by atoms with E-state index in [4.69, 9.17) is 13.9 Å². The van der Waals surface area contributed by atoms with Crippen LogP contribution in [0.2, 0.25) is 0 Å². The summed E-state index contributed by atoms with van der Waals surface area (Å²) in [7, 11) is 0. The second-order valence-corrected chi connectivity index (χ2v) is 6.71. The van der Waals surface area contributed by atoms with E-state index in [1.54, 1.807) is 19.1 Å². The van der Waals surface area contributed by atoms with E-state index in [0.717, 1.165) is 43.4 Å². The molecule has 128 valence electrons. The van der Waals surface area contributed by atoms with Crippen molar-refractivity contribution in [1.82, 2.24) is 0 Å². The minimum atomic E-state index is -0.374. The molecule has 2 saturated heterocycles. The van der Waals surface area contributed by atoms with Crippen molar-refractivity contribution in [3.05, 3.63) is 39.7 Å². The number of nitrogens with one attached hydrogen (secondary N) is 1. The number of aromatic hydroxyl groups is 1. The third-order valence-electron chi connectivity index (χ3n) is 5.19. The molecule has 0 unspecified atom stereocenters. The second kappa shape index (κ2) is 5.88. The van der Waals surface area contributed by atoms with Crippen LogP contribution in [0.25, 0.3) is 11.0 Å². The molecule has 2 aromatic rings. The van der Waals surface area contributed by atoms with Crippen LogP contribution in [0.3, 0.4) is 0 Å². The molecule has 0 amide bonds. The zero-order chi connectivity index (χ0) is 16.7. The van der Waals surface area contributed by atoms with Crippen LogP contribution in [0.5, 0.6) is 5.75 Å². The molecule has 6 heteroatoms. The fourth-order valence-electron chi connectivity index (χ4n) is 3.78. The lowest BCUT2D eigenvalue weighted by molar-refractivity contribution is -0.922. The van der Waals surface area contributed by atoms with Crippen molar-refractivity contribution in [2.45, 2.75) is 32.1 Å². The molecule has 1 aromatic carbocycles. The Labute approximate surface area is 139 Å². The third-order valence-corrected chi connectivity index (χ3v) is 5.19. The number of likely N-dealkylation sites (tertiary alicyclic amines) is 1. The summed E-state index contributed by atoms with van der Waals surface area (Å²) in [4.78, 5) is 13.3. The molecule has 6 nitrogen and oxygen atoms in total. The lowest BCUT2D eigenvalue weighted by atomic mass is 10.0. The van der Waals surface area contributed by atoms with Crippen molar-refractivity contribution in [3.63, 3.8) is 0 Å². The van der Waals surface area contributed by atoms with Crippen molar-refractivity contribution >= 4 is 11.0 Å². The number of fused-ring (bicyclic) bond motifs is 1. The molecule has 0 aliphatic carbocycles. The Bertz CT molecular complexity index is 812. The average molecular weight is 332 g/mol. The van der Waals surface area contributed by atoms with Crippen molar-refractivity contribution in [3.8, 4) is 5.75 Å². The van der Waals surface area contributed by atoms with Gasteiger partial charge in [-0.2, -0.15) is 0 Å². The third kappa shape index (κ3) is 2.70. The van der Waals surface area contributed by atoms with Crippen LogP contribution >= 0.6 is 0 Å². The van der Waals surface area contributed by atoms with Crippen molar-refractivity contribution in [2.75, 3.05) is 26.3 Å². The Kier molecular flexibility index (Phi) is 3.83. The summed E-state index contributed by atoms with van der Waals surface area (Å²) in [6.45, 7) is 5.77. The van der Waals surface area contributed by atoms with Gasteiger partial charge in [0.15, 0.2) is 5.79 Å². The monoisotopic (exact) mass is 332 g/mol. The predicted octanol–water partition coefficient (Wildman–Crippen LogP) is 0.729. The highest BCUT2D eigenvalue weighted by Crippen LogP contribution is 2.29. The summed E-state index contributed by atoms with van der Waals surface area (Å²) in [5.41, 5.74) is 1.67. The van der Waals surface area contributed by atoms with E-state index in [1.807, 2.05) is 6.07 Å². The van der Waals surface area contributed by atoms with Crippen LogP contribution in [-0.4, -0.2) is 37.2 Å². The number of hydrogen-bond donors (Lipinski definition) is 2.